The van der Waals surface area contributed by atoms with Gasteiger partial charge in [-0.05, 0) is 54.9 Å². The van der Waals surface area contributed by atoms with Crippen molar-refractivity contribution in [1.82, 2.24) is 10.2 Å². The molecule has 1 aliphatic rings. The molecule has 2 N–H and O–H groups in total. The average molecular weight is 380 g/mol. The predicted octanol–water partition coefficient (Wildman–Crippen LogP) is 2.76. The number of benzene rings is 2. The summed E-state index contributed by atoms with van der Waals surface area (Å²) < 4.78 is 0. The van der Waals surface area contributed by atoms with E-state index in [9.17, 15) is 14.7 Å². The number of carbonyl (C=O) groups is 2. The molecule has 1 unspecified atom stereocenters. The van der Waals surface area contributed by atoms with Crippen LogP contribution >= 0.6 is 0 Å². The molecule has 3 rings (SSSR count). The summed E-state index contributed by atoms with van der Waals surface area (Å²) in [6.07, 6.45) is 4.62. The number of amides is 2. The predicted molar refractivity (Wildman–Crippen MR) is 109 cm³/mol. The van der Waals surface area contributed by atoms with E-state index in [2.05, 4.69) is 17.4 Å². The van der Waals surface area contributed by atoms with Gasteiger partial charge < -0.3 is 15.3 Å². The lowest BCUT2D eigenvalue weighted by atomic mass is 9.89. The molecular formula is C23H28N2O3. The summed E-state index contributed by atoms with van der Waals surface area (Å²) in [5, 5.41) is 12.1. The third kappa shape index (κ3) is 4.98. The maximum atomic E-state index is 12.6. The molecule has 0 bridgehead atoms. The lowest BCUT2D eigenvalue weighted by Gasteiger charge is -2.23. The first-order chi connectivity index (χ1) is 13.6. The van der Waals surface area contributed by atoms with Crippen LogP contribution in [0.3, 0.4) is 0 Å². The summed E-state index contributed by atoms with van der Waals surface area (Å²) in [5.41, 5.74) is 4.67. The Morgan fingerprint density at radius 2 is 1.79 bits per heavy atom. The third-order valence-corrected chi connectivity index (χ3v) is 5.29. The van der Waals surface area contributed by atoms with Crippen LogP contribution in [0.25, 0.3) is 0 Å². The van der Waals surface area contributed by atoms with Crippen LogP contribution in [0.5, 0.6) is 0 Å². The number of fused-ring (bicyclic) bond motifs is 1. The van der Waals surface area contributed by atoms with E-state index in [1.165, 1.54) is 28.9 Å². The van der Waals surface area contributed by atoms with E-state index >= 15 is 0 Å². The van der Waals surface area contributed by atoms with Crippen molar-refractivity contribution in [2.75, 3.05) is 13.2 Å². The molecule has 1 atom stereocenters. The summed E-state index contributed by atoms with van der Waals surface area (Å²) >= 11 is 0. The molecule has 0 heterocycles. The first-order valence-corrected chi connectivity index (χ1v) is 9.94. The van der Waals surface area contributed by atoms with Gasteiger partial charge in [0.1, 0.15) is 0 Å². The van der Waals surface area contributed by atoms with Crippen LogP contribution in [0, 0.1) is 0 Å². The normalized spacial score (nSPS) is 14.1. The van der Waals surface area contributed by atoms with Crippen molar-refractivity contribution in [3.63, 3.8) is 0 Å². The Morgan fingerprint density at radius 1 is 1.07 bits per heavy atom. The zero-order valence-electron chi connectivity index (χ0n) is 16.4. The molecule has 0 aliphatic heterocycles. The third-order valence-electron chi connectivity index (χ3n) is 5.29. The average Bonchev–Trinajstić information content (AvgIpc) is 2.73. The van der Waals surface area contributed by atoms with Crippen LogP contribution in [0.2, 0.25) is 0 Å². The van der Waals surface area contributed by atoms with Crippen molar-refractivity contribution in [2.45, 2.75) is 45.2 Å². The largest absolute Gasteiger partial charge is 0.395 e. The lowest BCUT2D eigenvalue weighted by Crippen LogP contribution is -2.44. The zero-order chi connectivity index (χ0) is 19.9. The number of aliphatic hydroxyl groups is 1. The second kappa shape index (κ2) is 9.51. The second-order valence-corrected chi connectivity index (χ2v) is 7.37. The lowest BCUT2D eigenvalue weighted by molar-refractivity contribution is -0.146. The van der Waals surface area contributed by atoms with Gasteiger partial charge in [0.25, 0.3) is 0 Å². The molecule has 0 saturated carbocycles. The van der Waals surface area contributed by atoms with Crippen LogP contribution < -0.4 is 5.32 Å². The molecule has 28 heavy (non-hydrogen) atoms. The summed E-state index contributed by atoms with van der Waals surface area (Å²) in [6.45, 7) is 2.12. The molecular weight excluding hydrogens is 352 g/mol. The van der Waals surface area contributed by atoms with Crippen molar-refractivity contribution >= 4 is 11.8 Å². The number of nitrogens with zero attached hydrogens (tertiary/aromatic N) is 1. The van der Waals surface area contributed by atoms with Crippen LogP contribution in [0.15, 0.2) is 48.5 Å². The minimum Gasteiger partial charge on any atom is -0.395 e. The van der Waals surface area contributed by atoms with Crippen molar-refractivity contribution in [2.24, 2.45) is 0 Å². The number of hydrogen-bond acceptors (Lipinski definition) is 3. The first-order valence-electron chi connectivity index (χ1n) is 9.94. The maximum absolute atomic E-state index is 12.6. The number of aryl methyl sites for hydroxylation is 2. The Morgan fingerprint density at radius 3 is 2.50 bits per heavy atom. The van der Waals surface area contributed by atoms with Crippen molar-refractivity contribution in [3.8, 4) is 0 Å². The summed E-state index contributed by atoms with van der Waals surface area (Å²) in [4.78, 5) is 26.6. The molecule has 2 amide bonds. The number of hydrogen-bond donors (Lipinski definition) is 2. The fourth-order valence-corrected chi connectivity index (χ4v) is 3.68. The highest BCUT2D eigenvalue weighted by atomic mass is 16.3. The van der Waals surface area contributed by atoms with Crippen LogP contribution in [-0.4, -0.2) is 35.0 Å². The zero-order valence-corrected chi connectivity index (χ0v) is 16.4. The summed E-state index contributed by atoms with van der Waals surface area (Å²) in [5.74, 6) is -1.27. The van der Waals surface area contributed by atoms with Gasteiger partial charge in [0.2, 0.25) is 0 Å². The number of nitrogens with one attached hydrogen (secondary N) is 1. The van der Waals surface area contributed by atoms with E-state index in [-0.39, 0.29) is 19.2 Å². The van der Waals surface area contributed by atoms with Gasteiger partial charge in [0.05, 0.1) is 12.6 Å². The number of carbonyl (C=O) groups excluding carboxylic acids is 2. The number of rotatable bonds is 6. The van der Waals surface area contributed by atoms with E-state index in [0.717, 1.165) is 24.0 Å². The van der Waals surface area contributed by atoms with E-state index in [4.69, 9.17) is 0 Å². The van der Waals surface area contributed by atoms with Gasteiger partial charge in [0, 0.05) is 13.1 Å². The minimum absolute atomic E-state index is 0.119. The molecule has 1 aliphatic carbocycles. The molecule has 2 aromatic rings. The fourth-order valence-electron chi connectivity index (χ4n) is 3.68. The number of aliphatic hydroxyl groups excluding tert-OH is 1. The molecule has 148 valence electrons. The fraction of sp³-hybridized carbons (Fsp3) is 0.391. The van der Waals surface area contributed by atoms with Crippen molar-refractivity contribution < 1.29 is 14.7 Å². The molecule has 5 heteroatoms. The molecule has 0 radical (unpaired) electrons. The van der Waals surface area contributed by atoms with Crippen LogP contribution in [0.4, 0.5) is 0 Å². The molecule has 0 saturated heterocycles. The smallest absolute Gasteiger partial charge is 0.312 e. The summed E-state index contributed by atoms with van der Waals surface area (Å²) in [6, 6.07) is 15.5. The van der Waals surface area contributed by atoms with Gasteiger partial charge in [-0.2, -0.15) is 0 Å². The molecule has 5 nitrogen and oxygen atoms in total. The Hall–Kier alpha value is -2.66. The van der Waals surface area contributed by atoms with E-state index in [1.54, 1.807) is 0 Å². The highest BCUT2D eigenvalue weighted by Crippen LogP contribution is 2.24. The van der Waals surface area contributed by atoms with E-state index in [0.29, 0.717) is 6.54 Å². The summed E-state index contributed by atoms with van der Waals surface area (Å²) in [7, 11) is 0. The molecule has 0 aromatic heterocycles. The SMILES string of the molecule is CC(NC(=O)C(=O)N(CCO)Cc1ccccc1)c1ccc2c(c1)CCCC2. The first kappa shape index (κ1) is 20.1. The highest BCUT2D eigenvalue weighted by Gasteiger charge is 2.24. The Labute approximate surface area is 166 Å². The van der Waals surface area contributed by atoms with Gasteiger partial charge in [-0.3, -0.25) is 9.59 Å². The Bertz CT molecular complexity index is 820. The van der Waals surface area contributed by atoms with Gasteiger partial charge in [-0.15, -0.1) is 0 Å². The quantitative estimate of drug-likeness (QED) is 0.757. The van der Waals surface area contributed by atoms with Gasteiger partial charge in [0.15, 0.2) is 0 Å². The topological polar surface area (TPSA) is 69.6 Å². The van der Waals surface area contributed by atoms with Crippen molar-refractivity contribution in [1.29, 1.82) is 0 Å². The van der Waals surface area contributed by atoms with Gasteiger partial charge in [-0.1, -0.05) is 48.5 Å². The van der Waals surface area contributed by atoms with Gasteiger partial charge in [-0.25, -0.2) is 0 Å². The standard InChI is InChI=1S/C23H28N2O3/c1-17(20-12-11-19-9-5-6-10-21(19)15-20)24-22(27)23(28)25(13-14-26)16-18-7-3-2-4-8-18/h2-4,7-8,11-12,15,17,26H,5-6,9-10,13-14,16H2,1H3,(H,24,27). The maximum Gasteiger partial charge on any atom is 0.312 e. The molecule has 0 spiro atoms. The molecule has 2 aromatic carbocycles. The van der Waals surface area contributed by atoms with Gasteiger partial charge >= 0.3 is 11.8 Å². The molecule has 0 fully saturated rings. The Kier molecular flexibility index (Phi) is 6.82. The van der Waals surface area contributed by atoms with E-state index in [1.807, 2.05) is 43.3 Å². The monoisotopic (exact) mass is 380 g/mol. The van der Waals surface area contributed by atoms with Crippen LogP contribution in [0.1, 0.15) is 48.1 Å². The van der Waals surface area contributed by atoms with Crippen LogP contribution in [-0.2, 0) is 29.0 Å². The minimum atomic E-state index is -0.644. The van der Waals surface area contributed by atoms with E-state index < -0.39 is 11.8 Å². The Balaban J connectivity index is 1.65. The second-order valence-electron chi connectivity index (χ2n) is 7.37. The van der Waals surface area contributed by atoms with Crippen molar-refractivity contribution in [3.05, 3.63) is 70.8 Å². The highest BCUT2D eigenvalue weighted by molar-refractivity contribution is 6.35.